The first-order chi connectivity index (χ1) is 14.0. The number of hydrogen-bond donors (Lipinski definition) is 0. The van der Waals surface area contributed by atoms with Gasteiger partial charge in [0.1, 0.15) is 23.8 Å². The number of halogens is 1. The van der Waals surface area contributed by atoms with Crippen LogP contribution in [0.2, 0.25) is 5.02 Å². The summed E-state index contributed by atoms with van der Waals surface area (Å²) in [6.07, 6.45) is 5.07. The van der Waals surface area contributed by atoms with E-state index in [0.717, 1.165) is 23.2 Å². The van der Waals surface area contributed by atoms with Crippen LogP contribution in [0, 0.1) is 6.92 Å². The fourth-order valence-corrected chi connectivity index (χ4v) is 3.11. The third kappa shape index (κ3) is 5.27. The van der Waals surface area contributed by atoms with Gasteiger partial charge in [0.05, 0.1) is 12.1 Å². The van der Waals surface area contributed by atoms with Crippen LogP contribution in [0.5, 0.6) is 11.5 Å². The smallest absolute Gasteiger partial charge is 0.206 e. The van der Waals surface area contributed by atoms with Gasteiger partial charge in [0.2, 0.25) is 5.78 Å². The van der Waals surface area contributed by atoms with Crippen LogP contribution in [0.3, 0.4) is 0 Å². The summed E-state index contributed by atoms with van der Waals surface area (Å²) in [4.78, 5) is 12.3. The lowest BCUT2D eigenvalue weighted by molar-refractivity contribution is 0.104. The van der Waals surface area contributed by atoms with E-state index in [1.54, 1.807) is 30.1 Å². The predicted molar refractivity (Wildman–Crippen MR) is 115 cm³/mol. The van der Waals surface area contributed by atoms with Crippen LogP contribution < -0.4 is 9.47 Å². The molecule has 0 N–H and O–H groups in total. The van der Waals surface area contributed by atoms with E-state index in [9.17, 15) is 4.79 Å². The van der Waals surface area contributed by atoms with E-state index in [0.29, 0.717) is 28.8 Å². The summed E-state index contributed by atoms with van der Waals surface area (Å²) in [7, 11) is 1.61. The highest BCUT2D eigenvalue weighted by Crippen LogP contribution is 2.28. The topological polar surface area (TPSA) is 53.4 Å². The number of methoxy groups -OCH3 is 1. The molecule has 0 radical (unpaired) electrons. The van der Waals surface area contributed by atoms with Crippen molar-refractivity contribution in [3.63, 3.8) is 0 Å². The van der Waals surface area contributed by atoms with Crippen LogP contribution in [0.1, 0.15) is 34.1 Å². The molecular weight excluding hydrogens is 388 g/mol. The van der Waals surface area contributed by atoms with Crippen molar-refractivity contribution in [3.8, 4) is 11.5 Å². The molecule has 2 aromatic carbocycles. The van der Waals surface area contributed by atoms with Gasteiger partial charge in [-0.15, -0.1) is 0 Å². The summed E-state index contributed by atoms with van der Waals surface area (Å²) in [6, 6.07) is 13.0. The van der Waals surface area contributed by atoms with Gasteiger partial charge >= 0.3 is 0 Å². The Hall–Kier alpha value is -3.05. The van der Waals surface area contributed by atoms with Crippen LogP contribution in [-0.4, -0.2) is 22.7 Å². The molecule has 5 nitrogen and oxygen atoms in total. The molecule has 0 unspecified atom stereocenters. The lowest BCUT2D eigenvalue weighted by atomic mass is 10.1. The van der Waals surface area contributed by atoms with Gasteiger partial charge in [-0.1, -0.05) is 29.8 Å². The second kappa shape index (κ2) is 9.43. The molecule has 0 aliphatic rings. The summed E-state index contributed by atoms with van der Waals surface area (Å²) in [6.45, 7) is 4.97. The minimum absolute atomic E-state index is 0.141. The van der Waals surface area contributed by atoms with Gasteiger partial charge < -0.3 is 9.47 Å². The zero-order chi connectivity index (χ0) is 20.8. The standard InChI is InChI=1S/C23H23ClN2O3/c1-4-26-12-11-20(25-26)21(27)8-6-17-7-10-22(28-3)18(14-17)15-29-23-9-5-16(2)13-19(23)24/h5-14H,4,15H2,1-3H3/b8-6+. The Morgan fingerprint density at radius 2 is 1.97 bits per heavy atom. The van der Waals surface area contributed by atoms with E-state index in [2.05, 4.69) is 5.10 Å². The number of carbonyl (C=O) groups is 1. The molecule has 0 aliphatic heterocycles. The number of aromatic nitrogens is 2. The van der Waals surface area contributed by atoms with E-state index in [1.165, 1.54) is 6.08 Å². The molecule has 0 aliphatic carbocycles. The molecule has 1 aromatic heterocycles. The second-order valence-electron chi connectivity index (χ2n) is 6.55. The molecule has 0 saturated heterocycles. The number of aryl methyl sites for hydroxylation is 2. The highest BCUT2D eigenvalue weighted by atomic mass is 35.5. The molecule has 150 valence electrons. The van der Waals surface area contributed by atoms with Gasteiger partial charge in [0.25, 0.3) is 0 Å². The van der Waals surface area contributed by atoms with Gasteiger partial charge in [0.15, 0.2) is 0 Å². The van der Waals surface area contributed by atoms with E-state index in [-0.39, 0.29) is 5.78 Å². The molecule has 0 bridgehead atoms. The van der Waals surface area contributed by atoms with Crippen molar-refractivity contribution in [2.24, 2.45) is 0 Å². The van der Waals surface area contributed by atoms with Crippen LogP contribution in [0.25, 0.3) is 6.08 Å². The van der Waals surface area contributed by atoms with Gasteiger partial charge in [-0.2, -0.15) is 5.10 Å². The maximum Gasteiger partial charge on any atom is 0.206 e. The zero-order valence-corrected chi connectivity index (χ0v) is 17.4. The molecule has 6 heteroatoms. The van der Waals surface area contributed by atoms with Gasteiger partial charge in [0, 0.05) is 18.3 Å². The highest BCUT2D eigenvalue weighted by Gasteiger charge is 2.09. The molecule has 29 heavy (non-hydrogen) atoms. The number of ether oxygens (including phenoxy) is 2. The Morgan fingerprint density at radius 1 is 1.17 bits per heavy atom. The molecule has 0 atom stereocenters. The van der Waals surface area contributed by atoms with Crippen molar-refractivity contribution in [3.05, 3.63) is 82.1 Å². The van der Waals surface area contributed by atoms with Crippen molar-refractivity contribution in [1.82, 2.24) is 9.78 Å². The van der Waals surface area contributed by atoms with Crippen LogP contribution in [-0.2, 0) is 13.2 Å². The highest BCUT2D eigenvalue weighted by molar-refractivity contribution is 6.32. The Balaban J connectivity index is 1.74. The number of carbonyl (C=O) groups excluding carboxylic acids is 1. The fourth-order valence-electron chi connectivity index (χ4n) is 2.82. The molecule has 0 spiro atoms. The normalized spacial score (nSPS) is 11.0. The summed E-state index contributed by atoms with van der Waals surface area (Å²) in [5.41, 5.74) is 3.21. The molecule has 0 amide bonds. The summed E-state index contributed by atoms with van der Waals surface area (Å²) in [5, 5.41) is 4.79. The van der Waals surface area contributed by atoms with Crippen LogP contribution in [0.4, 0.5) is 0 Å². The Kier molecular flexibility index (Phi) is 6.73. The lowest BCUT2D eigenvalue weighted by Gasteiger charge is -2.12. The monoisotopic (exact) mass is 410 g/mol. The Bertz CT molecular complexity index is 1040. The Morgan fingerprint density at radius 3 is 2.66 bits per heavy atom. The molecular formula is C23H23ClN2O3. The van der Waals surface area contributed by atoms with E-state index in [4.69, 9.17) is 21.1 Å². The van der Waals surface area contributed by atoms with Crippen molar-refractivity contribution in [2.75, 3.05) is 7.11 Å². The largest absolute Gasteiger partial charge is 0.496 e. The average molecular weight is 411 g/mol. The zero-order valence-electron chi connectivity index (χ0n) is 16.7. The van der Waals surface area contributed by atoms with Gasteiger partial charge in [-0.05, 0) is 61.4 Å². The third-order valence-corrected chi connectivity index (χ3v) is 4.71. The average Bonchev–Trinajstić information content (AvgIpc) is 3.21. The lowest BCUT2D eigenvalue weighted by Crippen LogP contribution is -2.01. The molecule has 3 rings (SSSR count). The van der Waals surface area contributed by atoms with Gasteiger partial charge in [-0.3, -0.25) is 9.48 Å². The summed E-state index contributed by atoms with van der Waals surface area (Å²) < 4.78 is 13.0. The number of rotatable bonds is 8. The third-order valence-electron chi connectivity index (χ3n) is 4.42. The first-order valence-corrected chi connectivity index (χ1v) is 9.69. The van der Waals surface area contributed by atoms with Gasteiger partial charge in [-0.25, -0.2) is 0 Å². The number of ketones is 1. The maximum absolute atomic E-state index is 12.3. The first kappa shape index (κ1) is 20.7. The van der Waals surface area contributed by atoms with E-state index in [1.807, 2.05) is 50.2 Å². The molecule has 1 heterocycles. The van der Waals surface area contributed by atoms with Crippen LogP contribution in [0.15, 0.2) is 54.7 Å². The minimum Gasteiger partial charge on any atom is -0.496 e. The van der Waals surface area contributed by atoms with Crippen molar-refractivity contribution >= 4 is 23.5 Å². The summed E-state index contributed by atoms with van der Waals surface area (Å²) in [5.74, 6) is 1.18. The van der Waals surface area contributed by atoms with E-state index < -0.39 is 0 Å². The van der Waals surface area contributed by atoms with Crippen molar-refractivity contribution in [2.45, 2.75) is 27.0 Å². The number of benzene rings is 2. The quantitative estimate of drug-likeness (QED) is 0.371. The Labute approximate surface area is 175 Å². The predicted octanol–water partition coefficient (Wildman–Crippen LogP) is 5.35. The molecule has 0 saturated carbocycles. The summed E-state index contributed by atoms with van der Waals surface area (Å²) >= 11 is 6.24. The second-order valence-corrected chi connectivity index (χ2v) is 6.96. The van der Waals surface area contributed by atoms with Crippen molar-refractivity contribution < 1.29 is 14.3 Å². The first-order valence-electron chi connectivity index (χ1n) is 9.32. The SMILES string of the molecule is CCn1ccc(C(=O)/C=C/c2ccc(OC)c(COc3ccc(C)cc3Cl)c2)n1. The number of nitrogens with zero attached hydrogens (tertiary/aromatic N) is 2. The minimum atomic E-state index is -0.141. The number of allylic oxidation sites excluding steroid dienone is 1. The number of hydrogen-bond acceptors (Lipinski definition) is 4. The van der Waals surface area contributed by atoms with E-state index >= 15 is 0 Å². The maximum atomic E-state index is 12.3. The van der Waals surface area contributed by atoms with Crippen LogP contribution >= 0.6 is 11.6 Å². The van der Waals surface area contributed by atoms with Crippen molar-refractivity contribution in [1.29, 1.82) is 0 Å². The molecule has 0 fully saturated rings. The fraction of sp³-hybridized carbons (Fsp3) is 0.217. The molecule has 3 aromatic rings.